The van der Waals surface area contributed by atoms with Crippen LogP contribution in [0, 0.1) is 11.8 Å². The van der Waals surface area contributed by atoms with Gasteiger partial charge in [-0.2, -0.15) is 0 Å². The van der Waals surface area contributed by atoms with Crippen LogP contribution >= 0.6 is 0 Å². The SMILES string of the molecule is COc1cc(/C=C/C(=O)OCC(=O)N2C[C@@H](C)C[C@H](C)C2)ccc1OC(C)C. The molecule has 6 heteroatoms. The van der Waals surface area contributed by atoms with Crippen molar-refractivity contribution >= 4 is 18.0 Å². The second kappa shape index (κ2) is 10.2. The van der Waals surface area contributed by atoms with Crippen molar-refractivity contribution in [1.82, 2.24) is 4.90 Å². The molecule has 1 fully saturated rings. The molecule has 0 aliphatic carbocycles. The van der Waals surface area contributed by atoms with Crippen molar-refractivity contribution in [3.63, 3.8) is 0 Å². The number of carbonyl (C=O) groups excluding carboxylic acids is 2. The second-order valence-corrected chi connectivity index (χ2v) is 7.76. The number of methoxy groups -OCH3 is 1. The summed E-state index contributed by atoms with van der Waals surface area (Å²) >= 11 is 0. The lowest BCUT2D eigenvalue weighted by molar-refractivity contribution is -0.149. The monoisotopic (exact) mass is 389 g/mol. The number of carbonyl (C=O) groups is 2. The number of benzene rings is 1. The summed E-state index contributed by atoms with van der Waals surface area (Å²) < 4.78 is 16.1. The van der Waals surface area contributed by atoms with E-state index in [1.165, 1.54) is 6.08 Å². The lowest BCUT2D eigenvalue weighted by Crippen LogP contribution is -2.44. The molecule has 2 atom stereocenters. The van der Waals surface area contributed by atoms with Crippen LogP contribution in [0.15, 0.2) is 24.3 Å². The topological polar surface area (TPSA) is 65.1 Å². The Morgan fingerprint density at radius 1 is 1.18 bits per heavy atom. The molecule has 0 aromatic heterocycles. The highest BCUT2D eigenvalue weighted by atomic mass is 16.5. The average Bonchev–Trinajstić information content (AvgIpc) is 2.64. The Morgan fingerprint density at radius 2 is 1.86 bits per heavy atom. The number of nitrogens with zero attached hydrogens (tertiary/aromatic N) is 1. The molecule has 2 rings (SSSR count). The van der Waals surface area contributed by atoms with E-state index in [0.29, 0.717) is 23.3 Å². The summed E-state index contributed by atoms with van der Waals surface area (Å²) in [5.41, 5.74) is 0.773. The van der Waals surface area contributed by atoms with E-state index in [1.54, 1.807) is 30.2 Å². The highest BCUT2D eigenvalue weighted by molar-refractivity contribution is 5.89. The first-order chi connectivity index (χ1) is 13.3. The Bertz CT molecular complexity index is 703. The van der Waals surface area contributed by atoms with Gasteiger partial charge in [0.15, 0.2) is 18.1 Å². The normalized spacial score (nSPS) is 19.7. The summed E-state index contributed by atoms with van der Waals surface area (Å²) in [5.74, 6) is 1.49. The van der Waals surface area contributed by atoms with E-state index in [9.17, 15) is 9.59 Å². The van der Waals surface area contributed by atoms with Crippen LogP contribution in [0.25, 0.3) is 6.08 Å². The van der Waals surface area contributed by atoms with Gasteiger partial charge in [-0.05, 0) is 55.9 Å². The van der Waals surface area contributed by atoms with Crippen LogP contribution in [0.1, 0.15) is 39.7 Å². The highest BCUT2D eigenvalue weighted by Gasteiger charge is 2.25. The minimum atomic E-state index is -0.548. The van der Waals surface area contributed by atoms with Crippen LogP contribution in [0.4, 0.5) is 0 Å². The van der Waals surface area contributed by atoms with E-state index in [4.69, 9.17) is 14.2 Å². The maximum Gasteiger partial charge on any atom is 0.331 e. The molecule has 1 aliphatic rings. The van der Waals surface area contributed by atoms with Gasteiger partial charge in [-0.15, -0.1) is 0 Å². The van der Waals surface area contributed by atoms with Gasteiger partial charge in [-0.1, -0.05) is 19.9 Å². The number of hydrogen-bond acceptors (Lipinski definition) is 5. The summed E-state index contributed by atoms with van der Waals surface area (Å²) in [6, 6.07) is 5.40. The average molecular weight is 389 g/mol. The molecule has 0 unspecified atom stereocenters. The van der Waals surface area contributed by atoms with E-state index in [0.717, 1.165) is 25.1 Å². The predicted octanol–water partition coefficient (Wildman–Crippen LogP) is 3.54. The van der Waals surface area contributed by atoms with Gasteiger partial charge in [0, 0.05) is 19.2 Å². The van der Waals surface area contributed by atoms with Crippen LogP contribution in [0.3, 0.4) is 0 Å². The van der Waals surface area contributed by atoms with E-state index in [1.807, 2.05) is 19.9 Å². The molecular formula is C22H31NO5. The van der Waals surface area contributed by atoms with Crippen molar-refractivity contribution in [3.05, 3.63) is 29.8 Å². The van der Waals surface area contributed by atoms with Crippen LogP contribution in [-0.4, -0.2) is 49.7 Å². The molecule has 1 amide bonds. The molecule has 0 radical (unpaired) electrons. The molecule has 6 nitrogen and oxygen atoms in total. The zero-order chi connectivity index (χ0) is 20.7. The summed E-state index contributed by atoms with van der Waals surface area (Å²) in [4.78, 5) is 26.0. The first-order valence-electron chi connectivity index (χ1n) is 9.75. The molecule has 0 bridgehead atoms. The molecule has 1 aliphatic heterocycles. The molecular weight excluding hydrogens is 358 g/mol. The fourth-order valence-corrected chi connectivity index (χ4v) is 3.44. The van der Waals surface area contributed by atoms with Crippen molar-refractivity contribution in [2.75, 3.05) is 26.8 Å². The summed E-state index contributed by atoms with van der Waals surface area (Å²) in [6.07, 6.45) is 4.09. The third-order valence-electron chi connectivity index (χ3n) is 4.52. The van der Waals surface area contributed by atoms with E-state index in [2.05, 4.69) is 13.8 Å². The van der Waals surface area contributed by atoms with Crippen molar-refractivity contribution < 1.29 is 23.8 Å². The Labute approximate surface area is 167 Å². The van der Waals surface area contributed by atoms with Crippen LogP contribution in [-0.2, 0) is 14.3 Å². The predicted molar refractivity (Wildman–Crippen MR) is 108 cm³/mol. The molecule has 1 heterocycles. The quantitative estimate of drug-likeness (QED) is 0.527. The van der Waals surface area contributed by atoms with Gasteiger partial charge >= 0.3 is 5.97 Å². The van der Waals surface area contributed by atoms with Gasteiger partial charge in [0.25, 0.3) is 5.91 Å². The zero-order valence-corrected chi connectivity index (χ0v) is 17.4. The minimum absolute atomic E-state index is 0.0358. The first-order valence-corrected chi connectivity index (χ1v) is 9.75. The highest BCUT2D eigenvalue weighted by Crippen LogP contribution is 2.29. The van der Waals surface area contributed by atoms with Gasteiger partial charge in [0.05, 0.1) is 13.2 Å². The van der Waals surface area contributed by atoms with Crippen molar-refractivity contribution in [2.24, 2.45) is 11.8 Å². The van der Waals surface area contributed by atoms with Gasteiger partial charge < -0.3 is 19.1 Å². The van der Waals surface area contributed by atoms with Crippen molar-refractivity contribution in [2.45, 2.75) is 40.2 Å². The van der Waals surface area contributed by atoms with Gasteiger partial charge in [0.1, 0.15) is 0 Å². The number of likely N-dealkylation sites (tertiary alicyclic amines) is 1. The summed E-state index contributed by atoms with van der Waals surface area (Å²) in [5, 5.41) is 0. The largest absolute Gasteiger partial charge is 0.493 e. The Morgan fingerprint density at radius 3 is 2.46 bits per heavy atom. The van der Waals surface area contributed by atoms with Gasteiger partial charge in [0.2, 0.25) is 0 Å². The molecule has 1 aromatic rings. The maximum absolute atomic E-state index is 12.3. The standard InChI is InChI=1S/C22H31NO5/c1-15(2)28-19-8-6-18(11-20(19)26-5)7-9-22(25)27-14-21(24)23-12-16(3)10-17(4)13-23/h6-9,11,15-17H,10,12-14H2,1-5H3/b9-7+/t16-,17-/m0/s1. The van der Waals surface area contributed by atoms with Crippen molar-refractivity contribution in [3.8, 4) is 11.5 Å². The number of piperidine rings is 1. The number of esters is 1. The molecule has 1 saturated heterocycles. The Hall–Kier alpha value is -2.50. The maximum atomic E-state index is 12.3. The van der Waals surface area contributed by atoms with Crippen LogP contribution < -0.4 is 9.47 Å². The van der Waals surface area contributed by atoms with E-state index < -0.39 is 5.97 Å². The zero-order valence-electron chi connectivity index (χ0n) is 17.4. The Kier molecular flexibility index (Phi) is 7.91. The van der Waals surface area contributed by atoms with Crippen LogP contribution in [0.2, 0.25) is 0 Å². The second-order valence-electron chi connectivity index (χ2n) is 7.76. The number of rotatable bonds is 7. The van der Waals surface area contributed by atoms with Gasteiger partial charge in [-0.25, -0.2) is 4.79 Å². The lowest BCUT2D eigenvalue weighted by Gasteiger charge is -2.34. The third kappa shape index (κ3) is 6.59. The van der Waals surface area contributed by atoms with Crippen LogP contribution in [0.5, 0.6) is 11.5 Å². The van der Waals surface area contributed by atoms with Gasteiger partial charge in [-0.3, -0.25) is 4.79 Å². The molecule has 1 aromatic carbocycles. The smallest absolute Gasteiger partial charge is 0.331 e. The Balaban J connectivity index is 1.88. The number of ether oxygens (including phenoxy) is 3. The molecule has 0 saturated carbocycles. The summed E-state index contributed by atoms with van der Waals surface area (Å²) in [7, 11) is 1.57. The third-order valence-corrected chi connectivity index (χ3v) is 4.52. The fourth-order valence-electron chi connectivity index (χ4n) is 3.44. The molecule has 0 N–H and O–H groups in total. The summed E-state index contributed by atoms with van der Waals surface area (Å²) in [6.45, 7) is 9.37. The minimum Gasteiger partial charge on any atom is -0.493 e. The lowest BCUT2D eigenvalue weighted by atomic mass is 9.92. The molecule has 154 valence electrons. The number of hydrogen-bond donors (Lipinski definition) is 0. The number of amides is 1. The van der Waals surface area contributed by atoms with E-state index in [-0.39, 0.29) is 18.6 Å². The van der Waals surface area contributed by atoms with E-state index >= 15 is 0 Å². The van der Waals surface area contributed by atoms with Crippen molar-refractivity contribution in [1.29, 1.82) is 0 Å². The fraction of sp³-hybridized carbons (Fsp3) is 0.545. The molecule has 0 spiro atoms. The first kappa shape index (κ1) is 21.8. The molecule has 28 heavy (non-hydrogen) atoms.